The van der Waals surface area contributed by atoms with Crippen molar-refractivity contribution >= 4 is 40.7 Å². The zero-order valence-corrected chi connectivity index (χ0v) is 19.7. The Balaban J connectivity index is 1.65. The van der Waals surface area contributed by atoms with Gasteiger partial charge in [0, 0.05) is 18.7 Å². The van der Waals surface area contributed by atoms with Gasteiger partial charge < -0.3 is 14.8 Å². The van der Waals surface area contributed by atoms with E-state index in [9.17, 15) is 4.79 Å². The molecule has 1 atom stereocenters. The van der Waals surface area contributed by atoms with E-state index in [0.29, 0.717) is 31.9 Å². The number of carbonyl (C=O) groups excluding carboxylic acids is 1. The SMILES string of the molecule is CCCCOc1ccc(-c2ccc(C(=O)N[C@H](N3CCOCC3)C(Cl)(Cl)Cl)cc2)cc1. The minimum Gasteiger partial charge on any atom is -0.494 e. The molecule has 0 unspecified atom stereocenters. The first-order valence-electron chi connectivity index (χ1n) is 10.4. The van der Waals surface area contributed by atoms with Gasteiger partial charge in [-0.3, -0.25) is 9.69 Å². The molecule has 0 bridgehead atoms. The Hall–Kier alpha value is -1.50. The van der Waals surface area contributed by atoms with E-state index >= 15 is 0 Å². The second-order valence-electron chi connectivity index (χ2n) is 7.37. The lowest BCUT2D eigenvalue weighted by molar-refractivity contribution is 0.00996. The summed E-state index contributed by atoms with van der Waals surface area (Å²) in [7, 11) is 0. The number of ether oxygens (including phenoxy) is 2. The highest BCUT2D eigenvalue weighted by molar-refractivity contribution is 6.68. The van der Waals surface area contributed by atoms with Crippen LogP contribution in [0, 0.1) is 0 Å². The summed E-state index contributed by atoms with van der Waals surface area (Å²) in [5.41, 5.74) is 2.54. The maximum Gasteiger partial charge on any atom is 0.252 e. The summed E-state index contributed by atoms with van der Waals surface area (Å²) in [6.45, 7) is 5.08. The van der Waals surface area contributed by atoms with E-state index in [4.69, 9.17) is 44.3 Å². The maximum absolute atomic E-state index is 12.8. The van der Waals surface area contributed by atoms with Crippen molar-refractivity contribution in [2.75, 3.05) is 32.9 Å². The smallest absolute Gasteiger partial charge is 0.252 e. The van der Waals surface area contributed by atoms with Crippen LogP contribution in [-0.4, -0.2) is 53.7 Å². The van der Waals surface area contributed by atoms with Crippen LogP contribution >= 0.6 is 34.8 Å². The Labute approximate surface area is 198 Å². The van der Waals surface area contributed by atoms with Gasteiger partial charge in [-0.2, -0.15) is 0 Å². The molecule has 1 amide bonds. The molecule has 1 fully saturated rings. The molecule has 0 aliphatic carbocycles. The highest BCUT2D eigenvalue weighted by Gasteiger charge is 2.39. The van der Waals surface area contributed by atoms with Crippen molar-refractivity contribution in [2.45, 2.75) is 29.7 Å². The van der Waals surface area contributed by atoms with Crippen molar-refractivity contribution < 1.29 is 14.3 Å². The third kappa shape index (κ3) is 6.99. The molecule has 168 valence electrons. The van der Waals surface area contributed by atoms with E-state index in [1.54, 1.807) is 12.1 Å². The van der Waals surface area contributed by atoms with E-state index in [-0.39, 0.29) is 5.91 Å². The third-order valence-electron chi connectivity index (χ3n) is 5.09. The number of nitrogens with zero attached hydrogens (tertiary/aromatic N) is 1. The van der Waals surface area contributed by atoms with E-state index in [1.807, 2.05) is 41.3 Å². The molecule has 5 nitrogen and oxygen atoms in total. The van der Waals surface area contributed by atoms with Crippen LogP contribution < -0.4 is 10.1 Å². The van der Waals surface area contributed by atoms with Crippen molar-refractivity contribution in [3.8, 4) is 16.9 Å². The van der Waals surface area contributed by atoms with Crippen molar-refractivity contribution in [2.24, 2.45) is 0 Å². The van der Waals surface area contributed by atoms with Crippen molar-refractivity contribution in [3.63, 3.8) is 0 Å². The molecule has 1 heterocycles. The number of morpholine rings is 1. The van der Waals surface area contributed by atoms with Gasteiger partial charge in [0.2, 0.25) is 3.79 Å². The summed E-state index contributed by atoms with van der Waals surface area (Å²) >= 11 is 18.4. The molecule has 0 radical (unpaired) electrons. The summed E-state index contributed by atoms with van der Waals surface area (Å²) in [5, 5.41) is 2.85. The molecule has 2 aromatic rings. The van der Waals surface area contributed by atoms with Crippen LogP contribution in [0.3, 0.4) is 0 Å². The third-order valence-corrected chi connectivity index (χ3v) is 5.71. The summed E-state index contributed by atoms with van der Waals surface area (Å²) in [6, 6.07) is 15.3. The predicted octanol–water partition coefficient (Wildman–Crippen LogP) is 5.29. The lowest BCUT2D eigenvalue weighted by atomic mass is 10.0. The summed E-state index contributed by atoms with van der Waals surface area (Å²) in [5.74, 6) is 0.558. The quantitative estimate of drug-likeness (QED) is 0.408. The molecule has 1 aliphatic rings. The number of hydrogen-bond donors (Lipinski definition) is 1. The van der Waals surface area contributed by atoms with Gasteiger partial charge in [0.25, 0.3) is 5.91 Å². The fourth-order valence-electron chi connectivity index (χ4n) is 3.32. The van der Waals surface area contributed by atoms with E-state index in [0.717, 1.165) is 36.3 Å². The predicted molar refractivity (Wildman–Crippen MR) is 126 cm³/mol. The van der Waals surface area contributed by atoms with Crippen LogP contribution in [0.4, 0.5) is 0 Å². The van der Waals surface area contributed by atoms with Crippen molar-refractivity contribution in [1.29, 1.82) is 0 Å². The normalized spacial score (nSPS) is 16.0. The Morgan fingerprint density at radius 1 is 1.06 bits per heavy atom. The molecule has 0 saturated carbocycles. The first-order chi connectivity index (χ1) is 14.9. The zero-order valence-electron chi connectivity index (χ0n) is 17.5. The van der Waals surface area contributed by atoms with Gasteiger partial charge in [-0.15, -0.1) is 0 Å². The highest BCUT2D eigenvalue weighted by Crippen LogP contribution is 2.33. The molecule has 8 heteroatoms. The Morgan fingerprint density at radius 2 is 1.65 bits per heavy atom. The minimum absolute atomic E-state index is 0.297. The van der Waals surface area contributed by atoms with Crippen LogP contribution in [0.15, 0.2) is 48.5 Å². The lowest BCUT2D eigenvalue weighted by Crippen LogP contribution is -2.58. The van der Waals surface area contributed by atoms with Gasteiger partial charge in [0.05, 0.1) is 19.8 Å². The number of benzene rings is 2. The molecular weight excluding hydrogens is 459 g/mol. The number of amides is 1. The lowest BCUT2D eigenvalue weighted by Gasteiger charge is -2.38. The number of carbonyl (C=O) groups is 1. The largest absolute Gasteiger partial charge is 0.494 e. The standard InChI is InChI=1S/C23H27Cl3N2O3/c1-2-3-14-31-20-10-8-18(9-11-20)17-4-6-19(7-5-17)21(29)27-22(23(24,25)26)28-12-15-30-16-13-28/h4-11,22H,2-3,12-16H2,1H3,(H,27,29)/t22-/m1/s1. The first kappa shape index (κ1) is 24.1. The van der Waals surface area contributed by atoms with Gasteiger partial charge >= 0.3 is 0 Å². The topological polar surface area (TPSA) is 50.8 Å². The molecule has 1 saturated heterocycles. The average Bonchev–Trinajstić information content (AvgIpc) is 2.78. The van der Waals surface area contributed by atoms with E-state index in [2.05, 4.69) is 12.2 Å². The van der Waals surface area contributed by atoms with Crippen molar-refractivity contribution in [3.05, 3.63) is 54.1 Å². The number of alkyl halides is 3. The van der Waals surface area contributed by atoms with E-state index in [1.165, 1.54) is 0 Å². The van der Waals surface area contributed by atoms with Gasteiger partial charge in [0.15, 0.2) is 0 Å². The van der Waals surface area contributed by atoms with Crippen LogP contribution in [0.5, 0.6) is 5.75 Å². The maximum atomic E-state index is 12.8. The second-order valence-corrected chi connectivity index (χ2v) is 9.74. The van der Waals surface area contributed by atoms with Gasteiger partial charge in [0.1, 0.15) is 11.9 Å². The highest BCUT2D eigenvalue weighted by atomic mass is 35.6. The van der Waals surface area contributed by atoms with Crippen LogP contribution in [-0.2, 0) is 4.74 Å². The minimum atomic E-state index is -1.66. The van der Waals surface area contributed by atoms with E-state index < -0.39 is 9.96 Å². The molecule has 31 heavy (non-hydrogen) atoms. The van der Waals surface area contributed by atoms with Crippen molar-refractivity contribution in [1.82, 2.24) is 10.2 Å². The first-order valence-corrected chi connectivity index (χ1v) is 11.5. The number of halogens is 3. The Bertz CT molecular complexity index is 833. The molecule has 0 spiro atoms. The Kier molecular flexibility index (Phi) is 8.87. The average molecular weight is 486 g/mol. The fourth-order valence-corrected chi connectivity index (χ4v) is 3.89. The summed E-state index contributed by atoms with van der Waals surface area (Å²) in [6.07, 6.45) is 1.40. The molecule has 1 N–H and O–H groups in total. The number of nitrogens with one attached hydrogen (secondary N) is 1. The number of hydrogen-bond acceptors (Lipinski definition) is 4. The van der Waals surface area contributed by atoms with Crippen LogP contribution in [0.25, 0.3) is 11.1 Å². The van der Waals surface area contributed by atoms with Crippen LogP contribution in [0.1, 0.15) is 30.1 Å². The zero-order chi connectivity index (χ0) is 22.3. The monoisotopic (exact) mass is 484 g/mol. The number of unbranched alkanes of at least 4 members (excludes halogenated alkanes) is 1. The molecular formula is C23H27Cl3N2O3. The molecule has 0 aromatic heterocycles. The van der Waals surface area contributed by atoms with Gasteiger partial charge in [-0.25, -0.2) is 0 Å². The van der Waals surface area contributed by atoms with Gasteiger partial charge in [-0.05, 0) is 41.8 Å². The summed E-state index contributed by atoms with van der Waals surface area (Å²) in [4.78, 5) is 14.7. The molecule has 1 aliphatic heterocycles. The number of rotatable bonds is 8. The summed E-state index contributed by atoms with van der Waals surface area (Å²) < 4.78 is 9.39. The fraction of sp³-hybridized carbons (Fsp3) is 0.435. The molecule has 3 rings (SSSR count). The van der Waals surface area contributed by atoms with Crippen LogP contribution in [0.2, 0.25) is 0 Å². The Morgan fingerprint density at radius 3 is 2.19 bits per heavy atom. The van der Waals surface area contributed by atoms with Gasteiger partial charge in [-0.1, -0.05) is 72.4 Å². The second kappa shape index (κ2) is 11.4. The molecule has 2 aromatic carbocycles.